The molecule has 0 aromatic heterocycles. The SMILES string of the molecule is C=C1CC1c1ccc(C(C)(C)C)c(F)c1. The van der Waals surface area contributed by atoms with E-state index >= 15 is 0 Å². The molecule has 0 aliphatic heterocycles. The Balaban J connectivity index is 2.35. The molecule has 1 aliphatic carbocycles. The largest absolute Gasteiger partial charge is 0.207 e. The Bertz CT molecular complexity index is 410. The van der Waals surface area contributed by atoms with E-state index < -0.39 is 0 Å². The molecule has 1 aliphatic rings. The van der Waals surface area contributed by atoms with Gasteiger partial charge >= 0.3 is 0 Å². The van der Waals surface area contributed by atoms with Crippen molar-refractivity contribution in [3.63, 3.8) is 0 Å². The van der Waals surface area contributed by atoms with Crippen LogP contribution in [0.15, 0.2) is 30.4 Å². The van der Waals surface area contributed by atoms with Crippen LogP contribution in [-0.2, 0) is 5.41 Å². The molecule has 1 saturated carbocycles. The van der Waals surface area contributed by atoms with Gasteiger partial charge in [0.15, 0.2) is 0 Å². The first-order valence-electron chi connectivity index (χ1n) is 5.37. The molecular formula is C14H17F. The van der Waals surface area contributed by atoms with Crippen LogP contribution in [0.25, 0.3) is 0 Å². The van der Waals surface area contributed by atoms with E-state index in [-0.39, 0.29) is 11.2 Å². The topological polar surface area (TPSA) is 0 Å². The zero-order valence-electron chi connectivity index (χ0n) is 9.60. The minimum Gasteiger partial charge on any atom is -0.207 e. The molecule has 1 unspecified atom stereocenters. The van der Waals surface area contributed by atoms with Crippen molar-refractivity contribution < 1.29 is 4.39 Å². The summed E-state index contributed by atoms with van der Waals surface area (Å²) in [6.07, 6.45) is 1.02. The van der Waals surface area contributed by atoms with Gasteiger partial charge in [-0.3, -0.25) is 0 Å². The van der Waals surface area contributed by atoms with Crippen LogP contribution >= 0.6 is 0 Å². The van der Waals surface area contributed by atoms with E-state index in [1.54, 1.807) is 6.07 Å². The van der Waals surface area contributed by atoms with Gasteiger partial charge in [0.1, 0.15) is 5.82 Å². The Morgan fingerprint density at radius 1 is 1.33 bits per heavy atom. The molecule has 0 bridgehead atoms. The molecule has 0 radical (unpaired) electrons. The van der Waals surface area contributed by atoms with Crippen molar-refractivity contribution in [3.8, 4) is 0 Å². The Morgan fingerprint density at radius 2 is 1.93 bits per heavy atom. The maximum Gasteiger partial charge on any atom is 0.127 e. The van der Waals surface area contributed by atoms with Crippen molar-refractivity contribution >= 4 is 0 Å². The zero-order chi connectivity index (χ0) is 11.2. The molecule has 0 spiro atoms. The third-order valence-electron chi connectivity index (χ3n) is 3.00. The summed E-state index contributed by atoms with van der Waals surface area (Å²) in [6, 6.07) is 5.62. The summed E-state index contributed by atoms with van der Waals surface area (Å²) in [5.74, 6) is 0.327. The predicted molar refractivity (Wildman–Crippen MR) is 61.6 cm³/mol. The second-order valence-corrected chi connectivity index (χ2v) is 5.40. The van der Waals surface area contributed by atoms with E-state index in [4.69, 9.17) is 0 Å². The summed E-state index contributed by atoms with van der Waals surface area (Å²) in [7, 11) is 0. The van der Waals surface area contributed by atoms with Crippen molar-refractivity contribution in [2.45, 2.75) is 38.5 Å². The average Bonchev–Trinajstić information content (AvgIpc) is 2.80. The normalized spacial score (nSPS) is 20.5. The first-order valence-corrected chi connectivity index (χ1v) is 5.37. The molecule has 1 heteroatoms. The van der Waals surface area contributed by atoms with Crippen molar-refractivity contribution in [1.29, 1.82) is 0 Å². The lowest BCUT2D eigenvalue weighted by Crippen LogP contribution is -2.13. The van der Waals surface area contributed by atoms with Gasteiger partial charge in [-0.15, -0.1) is 0 Å². The van der Waals surface area contributed by atoms with Gasteiger partial charge in [0, 0.05) is 5.92 Å². The highest BCUT2D eigenvalue weighted by Gasteiger charge is 2.30. The number of halogens is 1. The standard InChI is InChI=1S/C14H17F/c1-9-7-11(9)10-5-6-12(13(15)8-10)14(2,3)4/h5-6,8,11H,1,7H2,2-4H3. The highest BCUT2D eigenvalue weighted by molar-refractivity contribution is 5.41. The minimum absolute atomic E-state index is 0.0836. The van der Waals surface area contributed by atoms with Crippen LogP contribution in [0.3, 0.4) is 0 Å². The lowest BCUT2D eigenvalue weighted by atomic mass is 9.86. The number of allylic oxidation sites excluding steroid dienone is 1. The molecule has 1 atom stereocenters. The van der Waals surface area contributed by atoms with Gasteiger partial charge in [0.05, 0.1) is 0 Å². The van der Waals surface area contributed by atoms with E-state index in [1.165, 1.54) is 5.57 Å². The molecule has 2 rings (SSSR count). The summed E-state index contributed by atoms with van der Waals surface area (Å²) in [6.45, 7) is 9.99. The van der Waals surface area contributed by atoms with E-state index in [0.29, 0.717) is 5.92 Å². The van der Waals surface area contributed by atoms with Gasteiger partial charge in [-0.2, -0.15) is 0 Å². The molecule has 80 valence electrons. The summed E-state index contributed by atoms with van der Waals surface area (Å²) < 4.78 is 13.8. The third-order valence-corrected chi connectivity index (χ3v) is 3.00. The Hall–Kier alpha value is -1.11. The van der Waals surface area contributed by atoms with Crippen molar-refractivity contribution in [2.75, 3.05) is 0 Å². The summed E-state index contributed by atoms with van der Waals surface area (Å²) in [5.41, 5.74) is 2.96. The molecule has 15 heavy (non-hydrogen) atoms. The van der Waals surface area contributed by atoms with Crippen LogP contribution in [0.5, 0.6) is 0 Å². The van der Waals surface area contributed by atoms with E-state index in [2.05, 4.69) is 6.58 Å². The Morgan fingerprint density at radius 3 is 2.33 bits per heavy atom. The molecule has 1 aromatic carbocycles. The van der Waals surface area contributed by atoms with Gasteiger partial charge in [-0.25, -0.2) is 4.39 Å². The summed E-state index contributed by atoms with van der Waals surface area (Å²) >= 11 is 0. The molecule has 1 fully saturated rings. The highest BCUT2D eigenvalue weighted by atomic mass is 19.1. The second-order valence-electron chi connectivity index (χ2n) is 5.40. The summed E-state index contributed by atoms with van der Waals surface area (Å²) in [4.78, 5) is 0. The van der Waals surface area contributed by atoms with Gasteiger partial charge in [0.25, 0.3) is 0 Å². The Labute approximate surface area is 90.8 Å². The molecular weight excluding hydrogens is 187 g/mol. The van der Waals surface area contributed by atoms with Crippen LogP contribution in [0.2, 0.25) is 0 Å². The fourth-order valence-corrected chi connectivity index (χ4v) is 1.91. The van der Waals surface area contributed by atoms with E-state index in [1.807, 2.05) is 32.9 Å². The van der Waals surface area contributed by atoms with Crippen molar-refractivity contribution in [2.24, 2.45) is 0 Å². The molecule has 0 saturated heterocycles. The number of hydrogen-bond donors (Lipinski definition) is 0. The van der Waals surface area contributed by atoms with Crippen LogP contribution in [0.4, 0.5) is 4.39 Å². The zero-order valence-corrected chi connectivity index (χ0v) is 9.60. The van der Waals surface area contributed by atoms with E-state index in [0.717, 1.165) is 17.5 Å². The minimum atomic E-state index is -0.122. The quantitative estimate of drug-likeness (QED) is 0.602. The third kappa shape index (κ3) is 1.97. The van der Waals surface area contributed by atoms with Crippen LogP contribution in [0.1, 0.15) is 44.2 Å². The van der Waals surface area contributed by atoms with Gasteiger partial charge in [0.2, 0.25) is 0 Å². The number of benzene rings is 1. The molecule has 0 amide bonds. The van der Waals surface area contributed by atoms with Crippen molar-refractivity contribution in [3.05, 3.63) is 47.3 Å². The highest BCUT2D eigenvalue weighted by Crippen LogP contribution is 2.45. The van der Waals surface area contributed by atoms with E-state index in [9.17, 15) is 4.39 Å². The Kier molecular flexibility index (Phi) is 2.22. The predicted octanol–water partition coefficient (Wildman–Crippen LogP) is 4.17. The summed E-state index contributed by atoms with van der Waals surface area (Å²) in [5, 5.41) is 0. The number of hydrogen-bond acceptors (Lipinski definition) is 0. The van der Waals surface area contributed by atoms with Crippen LogP contribution < -0.4 is 0 Å². The lowest BCUT2D eigenvalue weighted by Gasteiger charge is -2.20. The smallest absolute Gasteiger partial charge is 0.127 e. The fourth-order valence-electron chi connectivity index (χ4n) is 1.91. The fraction of sp³-hybridized carbons (Fsp3) is 0.429. The monoisotopic (exact) mass is 204 g/mol. The molecule has 0 nitrogen and oxygen atoms in total. The van der Waals surface area contributed by atoms with Crippen LogP contribution in [0, 0.1) is 5.82 Å². The first kappa shape index (κ1) is 10.4. The molecule has 0 heterocycles. The first-order chi connectivity index (χ1) is 6.89. The maximum atomic E-state index is 13.8. The van der Waals surface area contributed by atoms with Gasteiger partial charge in [-0.1, -0.05) is 45.1 Å². The van der Waals surface area contributed by atoms with Crippen LogP contribution in [-0.4, -0.2) is 0 Å². The average molecular weight is 204 g/mol. The number of rotatable bonds is 1. The maximum absolute atomic E-state index is 13.8. The second kappa shape index (κ2) is 3.19. The molecule has 0 N–H and O–H groups in total. The van der Waals surface area contributed by atoms with Gasteiger partial charge < -0.3 is 0 Å². The van der Waals surface area contributed by atoms with Crippen molar-refractivity contribution in [1.82, 2.24) is 0 Å². The lowest BCUT2D eigenvalue weighted by molar-refractivity contribution is 0.522. The van der Waals surface area contributed by atoms with Gasteiger partial charge in [-0.05, 0) is 29.0 Å². The molecule has 1 aromatic rings.